The van der Waals surface area contributed by atoms with Gasteiger partial charge >= 0.3 is 0 Å². The van der Waals surface area contributed by atoms with Gasteiger partial charge in [0.2, 0.25) is 0 Å². The molecule has 2 aliphatic rings. The molecule has 124 valence electrons. The Morgan fingerprint density at radius 1 is 1.33 bits per heavy atom. The van der Waals surface area contributed by atoms with E-state index in [0.717, 1.165) is 25.2 Å². The molecule has 5 heteroatoms. The van der Waals surface area contributed by atoms with E-state index in [-0.39, 0.29) is 11.3 Å². The van der Waals surface area contributed by atoms with E-state index in [9.17, 15) is 4.79 Å². The first-order valence-electron chi connectivity index (χ1n) is 8.36. The molecule has 1 aromatic carbocycles. The molecule has 1 aromatic heterocycles. The molecular weight excluding hydrogens is 302 g/mol. The lowest BCUT2D eigenvalue weighted by molar-refractivity contribution is 0.0949. The average molecular weight is 323 g/mol. The van der Waals surface area contributed by atoms with Gasteiger partial charge in [0.1, 0.15) is 6.61 Å². The Balaban J connectivity index is 1.46. The number of anilines is 1. The number of aromatic nitrogens is 1. The SMILES string of the molecule is CN1CCOc2cc(C(=O)NCC3(c4ccccc4)CC3)cnc21. The number of carbonyl (C=O) groups is 1. The van der Waals surface area contributed by atoms with Crippen LogP contribution in [0.4, 0.5) is 5.82 Å². The fraction of sp³-hybridized carbons (Fsp3) is 0.368. The Labute approximate surface area is 141 Å². The van der Waals surface area contributed by atoms with Crippen LogP contribution in [0.5, 0.6) is 5.75 Å². The molecule has 0 radical (unpaired) electrons. The highest BCUT2D eigenvalue weighted by atomic mass is 16.5. The van der Waals surface area contributed by atoms with Gasteiger partial charge in [0.25, 0.3) is 5.91 Å². The second kappa shape index (κ2) is 5.82. The van der Waals surface area contributed by atoms with Crippen molar-refractivity contribution < 1.29 is 9.53 Å². The van der Waals surface area contributed by atoms with Crippen molar-refractivity contribution in [3.05, 3.63) is 53.7 Å². The highest BCUT2D eigenvalue weighted by molar-refractivity contribution is 5.94. The third-order valence-electron chi connectivity index (χ3n) is 4.97. The van der Waals surface area contributed by atoms with E-state index in [1.807, 2.05) is 18.0 Å². The zero-order valence-electron chi connectivity index (χ0n) is 13.8. The molecule has 1 aliphatic carbocycles. The minimum atomic E-state index is -0.0932. The Kier molecular flexibility index (Phi) is 3.63. The van der Waals surface area contributed by atoms with Gasteiger partial charge in [0, 0.05) is 25.2 Å². The van der Waals surface area contributed by atoms with Gasteiger partial charge in [-0.05, 0) is 24.5 Å². The van der Waals surface area contributed by atoms with Crippen LogP contribution in [0.3, 0.4) is 0 Å². The van der Waals surface area contributed by atoms with E-state index in [4.69, 9.17) is 4.74 Å². The number of amides is 1. The third kappa shape index (κ3) is 2.70. The molecule has 2 aromatic rings. The van der Waals surface area contributed by atoms with E-state index in [2.05, 4.69) is 34.6 Å². The second-order valence-electron chi connectivity index (χ2n) is 6.64. The third-order valence-corrected chi connectivity index (χ3v) is 4.97. The number of likely N-dealkylation sites (N-methyl/N-ethyl adjacent to an activating group) is 1. The van der Waals surface area contributed by atoms with E-state index < -0.39 is 0 Å². The molecule has 1 N–H and O–H groups in total. The molecule has 0 saturated heterocycles. The summed E-state index contributed by atoms with van der Waals surface area (Å²) in [5, 5.41) is 3.07. The van der Waals surface area contributed by atoms with Crippen LogP contribution in [-0.4, -0.2) is 37.6 Å². The molecule has 0 bridgehead atoms. The van der Waals surface area contributed by atoms with E-state index in [1.165, 1.54) is 5.56 Å². The molecule has 24 heavy (non-hydrogen) atoms. The van der Waals surface area contributed by atoms with Gasteiger partial charge in [-0.3, -0.25) is 4.79 Å². The summed E-state index contributed by atoms with van der Waals surface area (Å²) < 4.78 is 5.63. The Hall–Kier alpha value is -2.56. The number of fused-ring (bicyclic) bond motifs is 1. The molecule has 1 aliphatic heterocycles. The minimum absolute atomic E-state index is 0.0932. The maximum absolute atomic E-state index is 12.5. The molecular formula is C19H21N3O2. The lowest BCUT2D eigenvalue weighted by Gasteiger charge is -2.26. The molecule has 1 saturated carbocycles. The van der Waals surface area contributed by atoms with Crippen molar-refractivity contribution in [2.75, 3.05) is 31.6 Å². The van der Waals surface area contributed by atoms with Gasteiger partial charge in [-0.15, -0.1) is 0 Å². The van der Waals surface area contributed by atoms with Crippen molar-refractivity contribution in [2.24, 2.45) is 0 Å². The summed E-state index contributed by atoms with van der Waals surface area (Å²) in [5.74, 6) is 1.38. The van der Waals surface area contributed by atoms with Crippen LogP contribution in [0.15, 0.2) is 42.6 Å². The van der Waals surface area contributed by atoms with Crippen molar-refractivity contribution in [3.8, 4) is 5.75 Å². The van der Waals surface area contributed by atoms with Crippen molar-refractivity contribution in [2.45, 2.75) is 18.3 Å². The number of hydrogen-bond donors (Lipinski definition) is 1. The van der Waals surface area contributed by atoms with Crippen molar-refractivity contribution in [1.82, 2.24) is 10.3 Å². The topological polar surface area (TPSA) is 54.5 Å². The second-order valence-corrected chi connectivity index (χ2v) is 6.64. The first kappa shape index (κ1) is 15.0. The van der Waals surface area contributed by atoms with Crippen LogP contribution in [0.2, 0.25) is 0 Å². The fourth-order valence-corrected chi connectivity index (χ4v) is 3.21. The number of pyridine rings is 1. The van der Waals surface area contributed by atoms with Crippen molar-refractivity contribution in [3.63, 3.8) is 0 Å². The lowest BCUT2D eigenvalue weighted by atomic mass is 9.96. The first-order chi connectivity index (χ1) is 11.7. The highest BCUT2D eigenvalue weighted by Crippen LogP contribution is 2.47. The van der Waals surface area contributed by atoms with Crippen LogP contribution in [0.25, 0.3) is 0 Å². The fourth-order valence-electron chi connectivity index (χ4n) is 3.21. The standard InChI is InChI=1S/C19H21N3O2/c1-22-9-10-24-16-11-14(12-20-17(16)22)18(23)21-13-19(7-8-19)15-5-3-2-4-6-15/h2-6,11-12H,7-10,13H2,1H3,(H,21,23). The van der Waals surface area contributed by atoms with Gasteiger partial charge in [0.15, 0.2) is 11.6 Å². The van der Waals surface area contributed by atoms with Crippen LogP contribution in [0, 0.1) is 0 Å². The quantitative estimate of drug-likeness (QED) is 0.938. The molecule has 5 nitrogen and oxygen atoms in total. The van der Waals surface area contributed by atoms with E-state index in [1.54, 1.807) is 12.3 Å². The number of benzene rings is 1. The maximum atomic E-state index is 12.5. The molecule has 1 fully saturated rings. The van der Waals surface area contributed by atoms with Crippen LogP contribution in [0.1, 0.15) is 28.8 Å². The zero-order valence-corrected chi connectivity index (χ0v) is 13.8. The number of carbonyl (C=O) groups excluding carboxylic acids is 1. The number of rotatable bonds is 4. The smallest absolute Gasteiger partial charge is 0.253 e. The minimum Gasteiger partial charge on any atom is -0.488 e. The largest absolute Gasteiger partial charge is 0.488 e. The van der Waals surface area contributed by atoms with Crippen molar-refractivity contribution >= 4 is 11.7 Å². The predicted molar refractivity (Wildman–Crippen MR) is 92.7 cm³/mol. The van der Waals surface area contributed by atoms with Crippen molar-refractivity contribution in [1.29, 1.82) is 0 Å². The highest BCUT2D eigenvalue weighted by Gasteiger charge is 2.44. The normalized spacial score (nSPS) is 17.6. The average Bonchev–Trinajstić information content (AvgIpc) is 3.42. The molecule has 0 atom stereocenters. The molecule has 1 amide bonds. The zero-order chi connectivity index (χ0) is 16.6. The Morgan fingerprint density at radius 3 is 2.88 bits per heavy atom. The number of hydrogen-bond acceptors (Lipinski definition) is 4. The number of nitrogens with one attached hydrogen (secondary N) is 1. The van der Waals surface area contributed by atoms with Gasteiger partial charge in [0.05, 0.1) is 12.1 Å². The summed E-state index contributed by atoms with van der Waals surface area (Å²) in [6.07, 6.45) is 3.86. The van der Waals surface area contributed by atoms with Crippen LogP contribution >= 0.6 is 0 Å². The molecule has 0 unspecified atom stereocenters. The Morgan fingerprint density at radius 2 is 2.12 bits per heavy atom. The maximum Gasteiger partial charge on any atom is 0.253 e. The molecule has 2 heterocycles. The lowest BCUT2D eigenvalue weighted by Crippen LogP contribution is -2.33. The van der Waals surface area contributed by atoms with Crippen LogP contribution < -0.4 is 15.0 Å². The van der Waals surface area contributed by atoms with Gasteiger partial charge in [-0.25, -0.2) is 4.98 Å². The van der Waals surface area contributed by atoms with Gasteiger partial charge in [-0.2, -0.15) is 0 Å². The Bertz CT molecular complexity index is 756. The summed E-state index contributed by atoms with van der Waals surface area (Å²) in [6, 6.07) is 12.2. The van der Waals surface area contributed by atoms with Gasteiger partial charge in [-0.1, -0.05) is 30.3 Å². The molecule has 0 spiro atoms. The number of ether oxygens (including phenoxy) is 1. The molecule has 4 rings (SSSR count). The summed E-state index contributed by atoms with van der Waals surface area (Å²) in [4.78, 5) is 18.9. The van der Waals surface area contributed by atoms with E-state index in [0.29, 0.717) is 24.5 Å². The number of nitrogens with zero attached hydrogens (tertiary/aromatic N) is 2. The van der Waals surface area contributed by atoms with Gasteiger partial charge < -0.3 is 15.0 Å². The van der Waals surface area contributed by atoms with E-state index >= 15 is 0 Å². The van der Waals surface area contributed by atoms with Crippen LogP contribution in [-0.2, 0) is 5.41 Å². The summed E-state index contributed by atoms with van der Waals surface area (Å²) >= 11 is 0. The first-order valence-corrected chi connectivity index (χ1v) is 8.36. The summed E-state index contributed by atoms with van der Waals surface area (Å²) in [5.41, 5.74) is 1.96. The monoisotopic (exact) mass is 323 g/mol. The summed E-state index contributed by atoms with van der Waals surface area (Å²) in [7, 11) is 1.98. The summed E-state index contributed by atoms with van der Waals surface area (Å²) in [6.45, 7) is 2.09. The predicted octanol–water partition coefficient (Wildman–Crippen LogP) is 2.37.